The molecule has 3 aromatic carbocycles. The van der Waals surface area contributed by atoms with Crippen LogP contribution in [0.1, 0.15) is 11.1 Å². The summed E-state index contributed by atoms with van der Waals surface area (Å²) >= 11 is 21.6. The van der Waals surface area contributed by atoms with Crippen LogP contribution in [-0.2, 0) is 11.5 Å². The molecule has 0 bridgehead atoms. The van der Waals surface area contributed by atoms with Crippen molar-refractivity contribution in [2.75, 3.05) is 61.8 Å². The molecule has 0 unspecified atom stereocenters. The van der Waals surface area contributed by atoms with Gasteiger partial charge in [-0.25, -0.2) is 19.9 Å². The van der Waals surface area contributed by atoms with Crippen molar-refractivity contribution in [3.8, 4) is 69.2 Å². The monoisotopic (exact) mass is 1070 g/mol. The minimum absolute atomic E-state index is 0.185. The van der Waals surface area contributed by atoms with Crippen molar-refractivity contribution in [2.24, 2.45) is 0 Å². The van der Waals surface area contributed by atoms with Crippen LogP contribution in [0.2, 0.25) is 40.8 Å². The second-order valence-electron chi connectivity index (χ2n) is 15.8. The minimum atomic E-state index is -1.62. The van der Waals surface area contributed by atoms with Crippen LogP contribution in [0.3, 0.4) is 0 Å². The van der Waals surface area contributed by atoms with E-state index in [1.165, 1.54) is 49.9 Å². The number of hydrogen-bond acceptors (Lipinski definition) is 17. The van der Waals surface area contributed by atoms with E-state index in [0.717, 1.165) is 6.04 Å². The first-order chi connectivity index (χ1) is 33.4. The lowest BCUT2D eigenvalue weighted by molar-refractivity contribution is 0.0898. The number of thioether (sulfide) groups is 2. The number of benzene rings is 3. The smallest absolute Gasteiger partial charge is 0.490 e. The maximum absolute atomic E-state index is 9.84. The van der Waals surface area contributed by atoms with Gasteiger partial charge in [-0.05, 0) is 36.8 Å². The van der Waals surface area contributed by atoms with E-state index in [-0.39, 0.29) is 10.5 Å². The SMILES string of the molecule is COc1cc(Cl)c(-c2nc(SC)nc3[nH]cc(C#N)c23)cc1OC.COc1cc(Cl)c(-c2nc(SC)nc3c2c(C#N)cn3COCC[Si](C)(C)C)cc1OC.COc1cc(Cl)c(B(O)O)cc1OC. The number of nitriles is 2. The first kappa shape index (κ1) is 55.3. The largest absolute Gasteiger partial charge is 0.493 e. The van der Waals surface area contributed by atoms with Gasteiger partial charge in [-0.2, -0.15) is 10.5 Å². The van der Waals surface area contributed by atoms with Crippen LogP contribution < -0.4 is 33.9 Å². The summed E-state index contributed by atoms with van der Waals surface area (Å²) in [5.41, 5.74) is 4.76. The molecular formula is C46H50BCl3N8O9S2Si. The molecule has 0 atom stereocenters. The van der Waals surface area contributed by atoms with Crippen molar-refractivity contribution >= 4 is 101 Å². The molecule has 7 aromatic rings. The third kappa shape index (κ3) is 12.8. The van der Waals surface area contributed by atoms with Crippen LogP contribution in [-0.4, -0.2) is 117 Å². The van der Waals surface area contributed by atoms with E-state index in [1.807, 2.05) is 17.1 Å². The molecule has 4 aromatic heterocycles. The maximum atomic E-state index is 9.84. The van der Waals surface area contributed by atoms with Crippen molar-refractivity contribution in [2.45, 2.75) is 42.7 Å². The molecule has 17 nitrogen and oxygen atoms in total. The number of aromatic amines is 1. The van der Waals surface area contributed by atoms with Crippen LogP contribution in [0.5, 0.6) is 34.5 Å². The number of halogens is 3. The number of methoxy groups -OCH3 is 6. The molecule has 4 heterocycles. The van der Waals surface area contributed by atoms with Gasteiger partial charge in [-0.15, -0.1) is 0 Å². The van der Waals surface area contributed by atoms with E-state index in [9.17, 15) is 10.5 Å². The Kier molecular flexibility index (Phi) is 19.8. The summed E-state index contributed by atoms with van der Waals surface area (Å²) in [6.07, 6.45) is 7.16. The third-order valence-corrected chi connectivity index (χ3v) is 14.0. The van der Waals surface area contributed by atoms with Gasteiger partial charge in [0.1, 0.15) is 30.2 Å². The zero-order valence-electron chi connectivity index (χ0n) is 40.2. The van der Waals surface area contributed by atoms with Gasteiger partial charge in [-0.1, -0.05) is 78.0 Å². The molecule has 0 fully saturated rings. The molecule has 7 rings (SSSR count). The maximum Gasteiger partial charge on any atom is 0.490 e. The molecule has 0 aliphatic carbocycles. The standard InChI is InChI=1S/C22H27ClN4O3SSi.C16H13ClN4O2S.C8H10BClO4/c1-28-17-9-15(16(23)10-18(17)29-2)20-19-14(11-24)12-27(13-30-7-8-32(4,5)6)21(19)26-22(25-20)31-3;1-22-11-4-9(10(17)5-12(11)23-2)14-13-8(6-18)7-19-15(13)21-16(20-14)24-3;1-13-7-3-5(9(11)12)6(10)4-8(7)14-2/h9-10,12H,7-8,13H2,1-6H3;4-5,7H,1-3H3,(H,19,20,21);3-4,11-12H,1-2H3. The number of rotatable bonds is 16. The van der Waals surface area contributed by atoms with E-state index < -0.39 is 15.2 Å². The molecule has 3 N–H and O–H groups in total. The Morgan fingerprint density at radius 2 is 1.11 bits per heavy atom. The van der Waals surface area contributed by atoms with E-state index >= 15 is 0 Å². The lowest BCUT2D eigenvalue weighted by atomic mass is 9.80. The van der Waals surface area contributed by atoms with Crippen molar-refractivity contribution in [3.05, 3.63) is 75.0 Å². The Labute approximate surface area is 430 Å². The number of H-pyrrole nitrogens is 1. The van der Waals surface area contributed by atoms with Gasteiger partial charge in [0.15, 0.2) is 44.8 Å². The van der Waals surface area contributed by atoms with Gasteiger partial charge >= 0.3 is 7.12 Å². The number of aromatic nitrogens is 6. The normalized spacial score (nSPS) is 10.9. The van der Waals surface area contributed by atoms with Crippen LogP contribution >= 0.6 is 58.3 Å². The highest BCUT2D eigenvalue weighted by atomic mass is 35.5. The van der Waals surface area contributed by atoms with Crippen molar-refractivity contribution in [3.63, 3.8) is 0 Å². The van der Waals surface area contributed by atoms with Crippen LogP contribution in [0, 0.1) is 22.7 Å². The molecule has 368 valence electrons. The Hall–Kier alpha value is -5.59. The fourth-order valence-corrected chi connectivity index (χ4v) is 8.92. The Balaban J connectivity index is 0.000000211. The molecule has 0 spiro atoms. The molecule has 0 radical (unpaired) electrons. The van der Waals surface area contributed by atoms with E-state index in [4.69, 9.17) is 83.0 Å². The van der Waals surface area contributed by atoms with Gasteiger partial charge in [0, 0.05) is 66.9 Å². The predicted molar refractivity (Wildman–Crippen MR) is 280 cm³/mol. The average molecular weight is 1070 g/mol. The van der Waals surface area contributed by atoms with Crippen molar-refractivity contribution in [1.29, 1.82) is 10.5 Å². The lowest BCUT2D eigenvalue weighted by Gasteiger charge is -2.16. The zero-order chi connectivity index (χ0) is 51.4. The number of hydrogen-bond donors (Lipinski definition) is 3. The quantitative estimate of drug-likeness (QED) is 0.0354. The van der Waals surface area contributed by atoms with Gasteiger partial charge in [0.05, 0.1) is 86.0 Å². The molecule has 70 heavy (non-hydrogen) atoms. The van der Waals surface area contributed by atoms with Crippen LogP contribution in [0.4, 0.5) is 0 Å². The Morgan fingerprint density at radius 3 is 1.57 bits per heavy atom. The summed E-state index contributed by atoms with van der Waals surface area (Å²) in [6.45, 7) is 7.92. The molecule has 0 amide bonds. The minimum Gasteiger partial charge on any atom is -0.493 e. The predicted octanol–water partition coefficient (Wildman–Crippen LogP) is 9.60. The Bertz CT molecular complexity index is 3070. The summed E-state index contributed by atoms with van der Waals surface area (Å²) < 4.78 is 39.2. The van der Waals surface area contributed by atoms with Gasteiger partial charge < -0.3 is 52.8 Å². The summed E-state index contributed by atoms with van der Waals surface area (Å²) in [6, 6.07) is 15.3. The van der Waals surface area contributed by atoms with Crippen molar-refractivity contribution < 1.29 is 43.2 Å². The summed E-state index contributed by atoms with van der Waals surface area (Å²) in [5.74, 6) is 2.95. The first-order valence-corrected chi connectivity index (χ1v) is 28.1. The highest BCUT2D eigenvalue weighted by molar-refractivity contribution is 7.98. The fraction of sp³-hybridized carbons (Fsp3) is 0.304. The average Bonchev–Trinajstić information content (AvgIpc) is 3.95. The van der Waals surface area contributed by atoms with E-state index in [0.29, 0.717) is 124 Å². The van der Waals surface area contributed by atoms with Gasteiger partial charge in [-0.3, -0.25) is 0 Å². The molecule has 0 aliphatic heterocycles. The fourth-order valence-electron chi connectivity index (χ4n) is 6.70. The lowest BCUT2D eigenvalue weighted by Crippen LogP contribution is -2.30. The number of fused-ring (bicyclic) bond motifs is 2. The summed E-state index contributed by atoms with van der Waals surface area (Å²) in [7, 11) is 6.33. The number of nitrogens with zero attached hydrogens (tertiary/aromatic N) is 7. The summed E-state index contributed by atoms with van der Waals surface area (Å²) in [5, 5.41) is 40.7. The van der Waals surface area contributed by atoms with Crippen molar-refractivity contribution in [1.82, 2.24) is 29.5 Å². The van der Waals surface area contributed by atoms with Gasteiger partial charge in [0.25, 0.3) is 0 Å². The molecule has 24 heteroatoms. The first-order valence-electron chi connectivity index (χ1n) is 20.8. The zero-order valence-corrected chi connectivity index (χ0v) is 45.1. The van der Waals surface area contributed by atoms with Crippen LogP contribution in [0.25, 0.3) is 44.6 Å². The highest BCUT2D eigenvalue weighted by Crippen LogP contribution is 2.43. The van der Waals surface area contributed by atoms with E-state index in [1.54, 1.807) is 65.1 Å². The molecular weight excluding hydrogens is 1020 g/mol. The second kappa shape index (κ2) is 25.0. The molecule has 0 aliphatic rings. The summed E-state index contributed by atoms with van der Waals surface area (Å²) in [4.78, 5) is 21.4. The second-order valence-corrected chi connectivity index (χ2v) is 24.2. The van der Waals surface area contributed by atoms with Crippen LogP contribution in [0.15, 0.2) is 59.1 Å². The topological polar surface area (TPSA) is 225 Å². The van der Waals surface area contributed by atoms with E-state index in [2.05, 4.69) is 51.7 Å². The Morgan fingerprint density at radius 1 is 0.657 bits per heavy atom. The third-order valence-electron chi connectivity index (χ3n) is 10.3. The number of nitrogens with one attached hydrogen (secondary N) is 1. The molecule has 0 saturated heterocycles. The molecule has 0 saturated carbocycles. The number of ether oxygens (including phenoxy) is 7. The van der Waals surface area contributed by atoms with Gasteiger partial charge in [0.2, 0.25) is 0 Å². The highest BCUT2D eigenvalue weighted by Gasteiger charge is 2.24.